The zero-order chi connectivity index (χ0) is 33.2. The van der Waals surface area contributed by atoms with Crippen LogP contribution in [0, 0.1) is 18.2 Å². The summed E-state index contributed by atoms with van der Waals surface area (Å²) in [6.45, 7) is 2.77. The lowest BCUT2D eigenvalue weighted by Gasteiger charge is -2.50. The summed E-state index contributed by atoms with van der Waals surface area (Å²) in [6, 6.07) is 4.20. The van der Waals surface area contributed by atoms with Crippen molar-refractivity contribution in [3.8, 4) is 12.3 Å². The monoisotopic (exact) mass is 696 g/mol. The molecule has 6 rings (SSSR count). The van der Waals surface area contributed by atoms with E-state index in [-0.39, 0.29) is 46.2 Å². The number of carboxylic acids is 1. The van der Waals surface area contributed by atoms with Gasteiger partial charge < -0.3 is 36.0 Å². The number of anilines is 2. The molecular weight excluding hydrogens is 668 g/mol. The number of fused-ring (bicyclic) bond motifs is 2. The van der Waals surface area contributed by atoms with Crippen LogP contribution < -0.4 is 30.9 Å². The van der Waals surface area contributed by atoms with Crippen LogP contribution >= 0.6 is 34.9 Å². The predicted molar refractivity (Wildman–Crippen MR) is 176 cm³/mol. The summed E-state index contributed by atoms with van der Waals surface area (Å²) in [6.07, 6.45) is 7.08. The number of β-lactam (4-membered cyclic amide) rings is 1. The second-order valence-electron chi connectivity index (χ2n) is 10.7. The van der Waals surface area contributed by atoms with Crippen molar-refractivity contribution in [1.82, 2.24) is 20.5 Å². The molecule has 13 nitrogen and oxygen atoms in total. The predicted octanol–water partition coefficient (Wildman–Crippen LogP) is -0.198. The maximum absolute atomic E-state index is 15.4. The number of benzene rings is 1. The van der Waals surface area contributed by atoms with Gasteiger partial charge in [-0.15, -0.1) is 41.3 Å². The lowest BCUT2D eigenvalue weighted by Crippen LogP contribution is -2.71. The highest BCUT2D eigenvalue weighted by molar-refractivity contribution is 8.01. The molecule has 47 heavy (non-hydrogen) atoms. The van der Waals surface area contributed by atoms with Gasteiger partial charge in [-0.3, -0.25) is 14.5 Å². The third kappa shape index (κ3) is 6.46. The minimum absolute atomic E-state index is 0.138. The number of nitrogens with one attached hydrogen (secondary N) is 2. The SMILES string of the molecule is C#CCO/N=C(\C(=O)NC1C(=O)N2C(C(=O)[O-])=C(CSc3cc[n+](C)c4cc(N5CCNCC5)c(F)cc34)CS[C@H]12)c1csc(N)n1. The Morgan fingerprint density at radius 1 is 1.38 bits per heavy atom. The van der Waals surface area contributed by atoms with Crippen LogP contribution in [0.4, 0.5) is 15.2 Å². The number of carbonyl (C=O) groups excluding carboxylic acids is 3. The van der Waals surface area contributed by atoms with Crippen molar-refractivity contribution < 1.29 is 33.3 Å². The Hall–Kier alpha value is -4.37. The van der Waals surface area contributed by atoms with Gasteiger partial charge in [-0.25, -0.2) is 13.9 Å². The van der Waals surface area contributed by atoms with E-state index in [4.69, 9.17) is 17.0 Å². The molecule has 2 atom stereocenters. The number of nitrogens with two attached hydrogens (primary N) is 1. The van der Waals surface area contributed by atoms with Gasteiger partial charge in [-0.05, 0) is 11.6 Å². The third-order valence-corrected chi connectivity index (χ3v) is 11.0. The van der Waals surface area contributed by atoms with Crippen molar-refractivity contribution in [3.05, 3.63) is 52.6 Å². The molecule has 2 saturated heterocycles. The average Bonchev–Trinajstić information content (AvgIpc) is 3.50. The van der Waals surface area contributed by atoms with Gasteiger partial charge >= 0.3 is 0 Å². The van der Waals surface area contributed by atoms with Crippen LogP contribution in [0.1, 0.15) is 5.69 Å². The molecule has 5 heterocycles. The van der Waals surface area contributed by atoms with E-state index in [2.05, 4.69) is 26.7 Å². The van der Waals surface area contributed by atoms with Crippen LogP contribution in [-0.4, -0.2) is 89.1 Å². The first kappa shape index (κ1) is 32.6. The molecule has 2 aromatic heterocycles. The van der Waals surface area contributed by atoms with Crippen molar-refractivity contribution in [2.75, 3.05) is 54.9 Å². The highest BCUT2D eigenvalue weighted by Crippen LogP contribution is 2.42. The number of carbonyl (C=O) groups is 3. The van der Waals surface area contributed by atoms with Gasteiger partial charge in [-0.2, -0.15) is 0 Å². The molecule has 3 aliphatic rings. The molecule has 244 valence electrons. The van der Waals surface area contributed by atoms with Gasteiger partial charge in [0.25, 0.3) is 11.8 Å². The number of carboxylic acid groups (broad SMARTS) is 1. The quantitative estimate of drug-likeness (QED) is 0.0489. The number of oxime groups is 1. The second kappa shape index (κ2) is 13.8. The molecule has 2 amide bonds. The number of thiazole rings is 1. The Morgan fingerprint density at radius 3 is 2.87 bits per heavy atom. The lowest BCUT2D eigenvalue weighted by molar-refractivity contribution is -0.645. The first-order chi connectivity index (χ1) is 22.7. The van der Waals surface area contributed by atoms with Gasteiger partial charge in [0, 0.05) is 60.1 Å². The van der Waals surface area contributed by atoms with Gasteiger partial charge in [0.2, 0.25) is 5.52 Å². The van der Waals surface area contributed by atoms with Crippen LogP contribution in [0.2, 0.25) is 0 Å². The van der Waals surface area contributed by atoms with Gasteiger partial charge in [0.05, 0.1) is 22.7 Å². The van der Waals surface area contributed by atoms with Crippen molar-refractivity contribution >= 4 is 80.1 Å². The first-order valence-electron chi connectivity index (χ1n) is 14.4. The van der Waals surface area contributed by atoms with E-state index in [1.165, 1.54) is 35.0 Å². The number of nitrogen functional groups attached to an aromatic ring is 1. The number of hydrogen-bond acceptors (Lipinski definition) is 13. The maximum Gasteiger partial charge on any atom is 0.276 e. The third-order valence-electron chi connectivity index (χ3n) is 7.83. The topological polar surface area (TPSA) is 169 Å². The summed E-state index contributed by atoms with van der Waals surface area (Å²) < 4.78 is 17.3. The minimum Gasteiger partial charge on any atom is -0.543 e. The molecule has 0 spiro atoms. The van der Waals surface area contributed by atoms with E-state index in [1.54, 1.807) is 0 Å². The Bertz CT molecular complexity index is 1870. The van der Waals surface area contributed by atoms with Crippen LogP contribution in [0.25, 0.3) is 10.9 Å². The Morgan fingerprint density at radius 2 is 2.17 bits per heavy atom. The van der Waals surface area contributed by atoms with Crippen molar-refractivity contribution in [1.29, 1.82) is 0 Å². The van der Waals surface area contributed by atoms with E-state index < -0.39 is 29.2 Å². The molecule has 1 unspecified atom stereocenters. The smallest absolute Gasteiger partial charge is 0.276 e. The average molecular weight is 697 g/mol. The fourth-order valence-electron chi connectivity index (χ4n) is 5.56. The maximum atomic E-state index is 15.4. The first-order valence-corrected chi connectivity index (χ1v) is 17.3. The number of hydrogen-bond donors (Lipinski definition) is 3. The van der Waals surface area contributed by atoms with Crippen LogP contribution in [-0.2, 0) is 26.3 Å². The largest absolute Gasteiger partial charge is 0.543 e. The second-order valence-corrected chi connectivity index (χ2v) is 13.7. The van der Waals surface area contributed by atoms with Crippen LogP contribution in [0.15, 0.2) is 51.1 Å². The number of aryl methyl sites for hydroxylation is 1. The summed E-state index contributed by atoms with van der Waals surface area (Å²) in [4.78, 5) is 51.8. The summed E-state index contributed by atoms with van der Waals surface area (Å²) in [5.41, 5.74) is 7.25. The zero-order valence-electron chi connectivity index (χ0n) is 25.0. The number of aliphatic carboxylic acids is 1. The van der Waals surface area contributed by atoms with E-state index in [1.807, 2.05) is 34.8 Å². The van der Waals surface area contributed by atoms with Crippen molar-refractivity contribution in [2.24, 2.45) is 12.2 Å². The molecule has 1 aromatic carbocycles. The van der Waals surface area contributed by atoms with Gasteiger partial charge in [0.1, 0.15) is 30.0 Å². The summed E-state index contributed by atoms with van der Waals surface area (Å²) >= 11 is 3.76. The standard InChI is InChI=1S/C30H29FN8O5S3/c1-3-10-44-36-23(19-15-47-30(32)34-19)26(40)35-24-27(41)39-25(29(42)43)16(14-46-28(24)39)13-45-22-4-7-37(2)20-12-21(18(31)11-17(20)22)38-8-5-33-6-9-38/h1,4,7,11-12,15,24,28,33H,5-6,8-10,13-14H2,2H3,(H3-,32,34,35,40,42,43)/b36-23-/t24?,28-/m1/s1. The summed E-state index contributed by atoms with van der Waals surface area (Å²) in [5.74, 6) is -0.467. The Labute approximate surface area is 281 Å². The van der Waals surface area contributed by atoms with E-state index in [9.17, 15) is 19.5 Å². The Kier molecular flexibility index (Phi) is 9.55. The number of piperazine rings is 1. The molecule has 3 aromatic rings. The summed E-state index contributed by atoms with van der Waals surface area (Å²) in [5, 5.41) is 23.8. The molecule has 0 bridgehead atoms. The van der Waals surface area contributed by atoms with Crippen LogP contribution in [0.3, 0.4) is 0 Å². The van der Waals surface area contributed by atoms with E-state index in [0.29, 0.717) is 29.7 Å². The number of terminal acetylenes is 1. The lowest BCUT2D eigenvalue weighted by atomic mass is 10.0. The van der Waals surface area contributed by atoms with Gasteiger partial charge in [0.15, 0.2) is 23.6 Å². The van der Waals surface area contributed by atoms with Gasteiger partial charge in [-0.1, -0.05) is 11.1 Å². The molecule has 4 N–H and O–H groups in total. The highest BCUT2D eigenvalue weighted by Gasteiger charge is 2.53. The number of thioether (sulfide) groups is 2. The number of aromatic nitrogens is 2. The number of halogens is 1. The van der Waals surface area contributed by atoms with E-state index in [0.717, 1.165) is 39.7 Å². The molecule has 0 saturated carbocycles. The van der Waals surface area contributed by atoms with Crippen molar-refractivity contribution in [3.63, 3.8) is 0 Å². The minimum atomic E-state index is -1.50. The van der Waals surface area contributed by atoms with Crippen LogP contribution in [0.5, 0.6) is 0 Å². The highest BCUT2D eigenvalue weighted by atomic mass is 32.2. The number of nitrogens with zero attached hydrogens (tertiary/aromatic N) is 5. The molecule has 0 aliphatic carbocycles. The molecule has 3 aliphatic heterocycles. The molecule has 17 heteroatoms. The summed E-state index contributed by atoms with van der Waals surface area (Å²) in [7, 11) is 1.89. The zero-order valence-corrected chi connectivity index (χ0v) is 27.5. The Balaban J connectivity index is 1.20. The molecule has 0 radical (unpaired) electrons. The van der Waals surface area contributed by atoms with Crippen molar-refractivity contribution in [2.45, 2.75) is 16.3 Å². The fraction of sp³-hybridized carbons (Fsp3) is 0.333. The fourth-order valence-corrected chi connectivity index (χ4v) is 8.62. The molecular formula is C30H29FN8O5S3. The number of amides is 2. The normalized spacial score (nSPS) is 19.7. The number of pyridine rings is 1. The molecule has 2 fully saturated rings. The number of rotatable bonds is 10. The van der Waals surface area contributed by atoms with E-state index >= 15 is 4.39 Å².